The molecule has 5 heteroatoms. The predicted molar refractivity (Wildman–Crippen MR) is 75.7 cm³/mol. The van der Waals surface area contributed by atoms with Crippen LogP contribution in [0.3, 0.4) is 0 Å². The number of thiophene rings is 1. The van der Waals surface area contributed by atoms with Crippen LogP contribution in [0.2, 0.25) is 0 Å². The molecule has 0 radical (unpaired) electrons. The Kier molecular flexibility index (Phi) is 2.70. The fourth-order valence-electron chi connectivity index (χ4n) is 1.59. The zero-order valence-corrected chi connectivity index (χ0v) is 10.6. The SMILES string of the molecule is Nc1ccc2nc(NCc3ccsc3)sc2c1. The number of nitrogens with one attached hydrogen (secondary N) is 1. The molecule has 0 saturated carbocycles. The largest absolute Gasteiger partial charge is 0.399 e. The summed E-state index contributed by atoms with van der Waals surface area (Å²) in [4.78, 5) is 4.51. The van der Waals surface area contributed by atoms with Gasteiger partial charge in [-0.2, -0.15) is 11.3 Å². The molecule has 3 rings (SSSR count). The Morgan fingerprint density at radius 1 is 1.29 bits per heavy atom. The minimum Gasteiger partial charge on any atom is -0.399 e. The standard InChI is InChI=1S/C12H11N3S2/c13-9-1-2-10-11(5-9)17-12(15-10)14-6-8-3-4-16-7-8/h1-5,7H,6,13H2,(H,14,15). The van der Waals surface area contributed by atoms with E-state index < -0.39 is 0 Å². The monoisotopic (exact) mass is 261 g/mol. The van der Waals surface area contributed by atoms with Crippen LogP contribution in [0.1, 0.15) is 5.56 Å². The van der Waals surface area contributed by atoms with E-state index in [2.05, 4.69) is 27.1 Å². The molecule has 0 amide bonds. The molecule has 3 aromatic rings. The Bertz CT molecular complexity index is 628. The Balaban J connectivity index is 1.81. The van der Waals surface area contributed by atoms with Crippen LogP contribution in [0.4, 0.5) is 10.8 Å². The van der Waals surface area contributed by atoms with Gasteiger partial charge in [-0.3, -0.25) is 0 Å². The van der Waals surface area contributed by atoms with Crippen molar-refractivity contribution >= 4 is 43.7 Å². The quantitative estimate of drug-likeness (QED) is 0.709. The van der Waals surface area contributed by atoms with Crippen LogP contribution in [-0.4, -0.2) is 4.98 Å². The van der Waals surface area contributed by atoms with Gasteiger partial charge in [0.05, 0.1) is 10.2 Å². The topological polar surface area (TPSA) is 50.9 Å². The van der Waals surface area contributed by atoms with Crippen molar-refractivity contribution in [1.82, 2.24) is 4.98 Å². The summed E-state index contributed by atoms with van der Waals surface area (Å²) in [5, 5.41) is 8.49. The summed E-state index contributed by atoms with van der Waals surface area (Å²) >= 11 is 3.34. The van der Waals surface area contributed by atoms with Crippen molar-refractivity contribution in [2.75, 3.05) is 11.1 Å². The number of hydrogen-bond donors (Lipinski definition) is 2. The van der Waals surface area contributed by atoms with Crippen molar-refractivity contribution in [1.29, 1.82) is 0 Å². The summed E-state index contributed by atoms with van der Waals surface area (Å²) in [6.45, 7) is 0.818. The van der Waals surface area contributed by atoms with Crippen molar-refractivity contribution in [3.63, 3.8) is 0 Å². The maximum Gasteiger partial charge on any atom is 0.184 e. The number of aromatic nitrogens is 1. The van der Waals surface area contributed by atoms with E-state index in [4.69, 9.17) is 5.73 Å². The lowest BCUT2D eigenvalue weighted by Gasteiger charge is -1.98. The fraction of sp³-hybridized carbons (Fsp3) is 0.0833. The number of thiazole rings is 1. The van der Waals surface area contributed by atoms with Crippen molar-refractivity contribution in [3.8, 4) is 0 Å². The third kappa shape index (κ3) is 2.25. The number of nitrogen functional groups attached to an aromatic ring is 1. The highest BCUT2D eigenvalue weighted by atomic mass is 32.1. The molecule has 86 valence electrons. The number of benzene rings is 1. The first-order valence-corrected chi connectivity index (χ1v) is 6.98. The minimum absolute atomic E-state index is 0.783. The first-order chi connectivity index (χ1) is 8.31. The van der Waals surface area contributed by atoms with E-state index in [1.165, 1.54) is 5.56 Å². The first-order valence-electron chi connectivity index (χ1n) is 5.22. The molecule has 0 fully saturated rings. The van der Waals surface area contributed by atoms with Crippen molar-refractivity contribution in [2.45, 2.75) is 6.54 Å². The smallest absolute Gasteiger partial charge is 0.184 e. The second-order valence-corrected chi connectivity index (χ2v) is 5.54. The van der Waals surface area contributed by atoms with Crippen molar-refractivity contribution < 1.29 is 0 Å². The van der Waals surface area contributed by atoms with Crippen LogP contribution in [0.5, 0.6) is 0 Å². The number of nitrogens with zero attached hydrogens (tertiary/aromatic N) is 1. The highest BCUT2D eigenvalue weighted by Crippen LogP contribution is 2.27. The van der Waals surface area contributed by atoms with Gasteiger partial charge in [-0.1, -0.05) is 11.3 Å². The van der Waals surface area contributed by atoms with Crippen molar-refractivity contribution in [2.24, 2.45) is 0 Å². The molecule has 0 unspecified atom stereocenters. The van der Waals surface area contributed by atoms with E-state index in [1.54, 1.807) is 22.7 Å². The van der Waals surface area contributed by atoms with Gasteiger partial charge in [0, 0.05) is 12.2 Å². The average Bonchev–Trinajstić information content (AvgIpc) is 2.94. The molecular formula is C12H11N3S2. The van der Waals surface area contributed by atoms with Gasteiger partial charge in [0.1, 0.15) is 0 Å². The Morgan fingerprint density at radius 2 is 2.24 bits per heavy atom. The summed E-state index contributed by atoms with van der Waals surface area (Å²) in [6, 6.07) is 7.91. The van der Waals surface area contributed by atoms with Crippen LogP contribution in [0.25, 0.3) is 10.2 Å². The Morgan fingerprint density at radius 3 is 3.06 bits per heavy atom. The van der Waals surface area contributed by atoms with Crippen LogP contribution in [0, 0.1) is 0 Å². The van der Waals surface area contributed by atoms with Crippen LogP contribution >= 0.6 is 22.7 Å². The molecule has 0 atom stereocenters. The molecule has 2 aromatic heterocycles. The lowest BCUT2D eigenvalue weighted by molar-refractivity contribution is 1.15. The number of nitrogens with two attached hydrogens (primary N) is 1. The van der Waals surface area contributed by atoms with Crippen LogP contribution < -0.4 is 11.1 Å². The van der Waals surface area contributed by atoms with Gasteiger partial charge < -0.3 is 11.1 Å². The lowest BCUT2D eigenvalue weighted by Crippen LogP contribution is -1.96. The molecule has 3 nitrogen and oxygen atoms in total. The zero-order chi connectivity index (χ0) is 11.7. The number of hydrogen-bond acceptors (Lipinski definition) is 5. The normalized spacial score (nSPS) is 10.8. The van der Waals surface area contributed by atoms with Gasteiger partial charge in [-0.05, 0) is 40.6 Å². The molecule has 0 aliphatic heterocycles. The third-order valence-electron chi connectivity index (χ3n) is 2.44. The molecule has 1 aromatic carbocycles. The molecule has 0 bridgehead atoms. The first kappa shape index (κ1) is 10.6. The number of anilines is 2. The number of rotatable bonds is 3. The van der Waals surface area contributed by atoms with E-state index in [1.807, 2.05) is 18.2 Å². The number of fused-ring (bicyclic) bond motifs is 1. The maximum absolute atomic E-state index is 5.74. The molecule has 17 heavy (non-hydrogen) atoms. The molecule has 0 spiro atoms. The van der Waals surface area contributed by atoms with Gasteiger partial charge in [-0.25, -0.2) is 4.98 Å². The predicted octanol–water partition coefficient (Wildman–Crippen LogP) is 3.55. The van der Waals surface area contributed by atoms with E-state index in [9.17, 15) is 0 Å². The molecule has 0 aliphatic rings. The van der Waals surface area contributed by atoms with Crippen molar-refractivity contribution in [3.05, 3.63) is 40.6 Å². The highest BCUT2D eigenvalue weighted by molar-refractivity contribution is 7.22. The van der Waals surface area contributed by atoms with Gasteiger partial charge in [0.15, 0.2) is 5.13 Å². The van der Waals surface area contributed by atoms with E-state index in [-0.39, 0.29) is 0 Å². The van der Waals surface area contributed by atoms with Crippen LogP contribution in [-0.2, 0) is 6.54 Å². The third-order valence-corrected chi connectivity index (χ3v) is 4.14. The molecule has 2 heterocycles. The van der Waals surface area contributed by atoms with Gasteiger partial charge in [0.2, 0.25) is 0 Å². The summed E-state index contributed by atoms with van der Waals surface area (Å²) in [6.07, 6.45) is 0. The molecule has 0 saturated heterocycles. The zero-order valence-electron chi connectivity index (χ0n) is 9.01. The van der Waals surface area contributed by atoms with Crippen LogP contribution in [0.15, 0.2) is 35.0 Å². The van der Waals surface area contributed by atoms with Gasteiger partial charge in [-0.15, -0.1) is 0 Å². The minimum atomic E-state index is 0.783. The van der Waals surface area contributed by atoms with E-state index >= 15 is 0 Å². The highest BCUT2D eigenvalue weighted by Gasteiger charge is 2.03. The molecular weight excluding hydrogens is 250 g/mol. The molecule has 3 N–H and O–H groups in total. The maximum atomic E-state index is 5.74. The second-order valence-electron chi connectivity index (χ2n) is 3.73. The summed E-state index contributed by atoms with van der Waals surface area (Å²) in [5.41, 5.74) is 8.81. The van der Waals surface area contributed by atoms with Gasteiger partial charge >= 0.3 is 0 Å². The Hall–Kier alpha value is -1.59. The van der Waals surface area contributed by atoms with E-state index in [0.717, 1.165) is 27.6 Å². The summed E-state index contributed by atoms with van der Waals surface area (Å²) in [7, 11) is 0. The van der Waals surface area contributed by atoms with Gasteiger partial charge in [0.25, 0.3) is 0 Å². The summed E-state index contributed by atoms with van der Waals surface area (Å²) in [5.74, 6) is 0. The summed E-state index contributed by atoms with van der Waals surface area (Å²) < 4.78 is 1.12. The molecule has 0 aliphatic carbocycles. The van der Waals surface area contributed by atoms with E-state index in [0.29, 0.717) is 0 Å². The average molecular weight is 261 g/mol. The lowest BCUT2D eigenvalue weighted by atomic mass is 10.3. The fourth-order valence-corrected chi connectivity index (χ4v) is 3.17. The Labute approximate surface area is 107 Å². The second kappa shape index (κ2) is 4.35.